The zero-order valence-electron chi connectivity index (χ0n) is 9.77. The van der Waals surface area contributed by atoms with Crippen LogP contribution in [-0.4, -0.2) is 17.9 Å². The maximum absolute atomic E-state index is 12.0. The Hall–Kier alpha value is -1.88. The number of pyridine rings is 1. The van der Waals surface area contributed by atoms with Gasteiger partial charge in [0, 0.05) is 11.5 Å². The Labute approximate surface area is 114 Å². The second-order valence-corrected chi connectivity index (χ2v) is 4.45. The topological polar surface area (TPSA) is 54.0 Å². The quantitative estimate of drug-likeness (QED) is 0.916. The van der Waals surface area contributed by atoms with E-state index in [1.807, 2.05) is 24.3 Å². The molecule has 1 heterocycles. The summed E-state index contributed by atoms with van der Waals surface area (Å²) in [6, 6.07) is 12.7. The highest BCUT2D eigenvalue weighted by molar-refractivity contribution is 9.10. The molecule has 92 valence electrons. The molecule has 4 nitrogen and oxygen atoms in total. The number of benzene rings is 1. The zero-order valence-corrected chi connectivity index (χ0v) is 11.4. The van der Waals surface area contributed by atoms with Gasteiger partial charge in [0.25, 0.3) is 5.91 Å². The first-order valence-electron chi connectivity index (χ1n) is 5.41. The van der Waals surface area contributed by atoms with Crippen molar-refractivity contribution in [2.45, 2.75) is 0 Å². The van der Waals surface area contributed by atoms with Gasteiger partial charge in [0.05, 0.1) is 5.69 Å². The fourth-order valence-electron chi connectivity index (χ4n) is 1.45. The van der Waals surface area contributed by atoms with E-state index in [0.717, 1.165) is 10.2 Å². The standard InChI is InChI=1S/C13H12BrN3O/c1-15-12-8-4-7-11(16-12)13(18)17-10-6-3-2-5-9(10)14/h2-8H,1H3,(H,15,16)(H,17,18). The first kappa shape index (κ1) is 12.6. The molecule has 1 aromatic heterocycles. The number of carbonyl (C=O) groups is 1. The summed E-state index contributed by atoms with van der Waals surface area (Å²) in [5.74, 6) is 0.425. The third kappa shape index (κ3) is 2.87. The normalized spacial score (nSPS) is 9.89. The van der Waals surface area contributed by atoms with Crippen molar-refractivity contribution in [3.63, 3.8) is 0 Å². The smallest absolute Gasteiger partial charge is 0.274 e. The first-order valence-corrected chi connectivity index (χ1v) is 6.20. The summed E-state index contributed by atoms with van der Waals surface area (Å²) in [6.07, 6.45) is 0. The van der Waals surface area contributed by atoms with Crippen LogP contribution in [0, 0.1) is 0 Å². The number of para-hydroxylation sites is 1. The molecular formula is C13H12BrN3O. The molecule has 18 heavy (non-hydrogen) atoms. The Bertz CT molecular complexity index is 572. The number of carbonyl (C=O) groups excluding carboxylic acids is 1. The lowest BCUT2D eigenvalue weighted by Crippen LogP contribution is -2.14. The van der Waals surface area contributed by atoms with Crippen molar-refractivity contribution in [3.05, 3.63) is 52.6 Å². The van der Waals surface area contributed by atoms with E-state index in [0.29, 0.717) is 11.5 Å². The van der Waals surface area contributed by atoms with Crippen LogP contribution in [0.25, 0.3) is 0 Å². The number of amides is 1. The van der Waals surface area contributed by atoms with Crippen molar-refractivity contribution in [2.75, 3.05) is 17.7 Å². The van der Waals surface area contributed by atoms with E-state index in [-0.39, 0.29) is 5.91 Å². The van der Waals surface area contributed by atoms with Crippen molar-refractivity contribution in [1.82, 2.24) is 4.98 Å². The summed E-state index contributed by atoms with van der Waals surface area (Å²) in [7, 11) is 1.76. The average molecular weight is 306 g/mol. The predicted octanol–water partition coefficient (Wildman–Crippen LogP) is 3.14. The second-order valence-electron chi connectivity index (χ2n) is 3.59. The largest absolute Gasteiger partial charge is 0.373 e. The van der Waals surface area contributed by atoms with Gasteiger partial charge in [-0.1, -0.05) is 18.2 Å². The minimum atomic E-state index is -0.237. The van der Waals surface area contributed by atoms with Crippen molar-refractivity contribution in [1.29, 1.82) is 0 Å². The van der Waals surface area contributed by atoms with Gasteiger partial charge < -0.3 is 10.6 Å². The van der Waals surface area contributed by atoms with E-state index in [9.17, 15) is 4.79 Å². The molecule has 0 radical (unpaired) electrons. The van der Waals surface area contributed by atoms with Crippen LogP contribution in [0.3, 0.4) is 0 Å². The van der Waals surface area contributed by atoms with Gasteiger partial charge >= 0.3 is 0 Å². The molecule has 0 fully saturated rings. The molecule has 0 saturated heterocycles. The summed E-state index contributed by atoms with van der Waals surface area (Å²) in [4.78, 5) is 16.2. The Kier molecular flexibility index (Phi) is 3.94. The highest BCUT2D eigenvalue weighted by atomic mass is 79.9. The van der Waals surface area contributed by atoms with E-state index in [1.165, 1.54) is 0 Å². The molecule has 0 atom stereocenters. The number of halogens is 1. The molecule has 1 aromatic carbocycles. The SMILES string of the molecule is CNc1cccc(C(=O)Nc2ccccc2Br)n1. The highest BCUT2D eigenvalue weighted by Gasteiger charge is 2.09. The molecule has 0 aliphatic rings. The van der Waals surface area contributed by atoms with E-state index in [1.54, 1.807) is 25.2 Å². The van der Waals surface area contributed by atoms with Gasteiger partial charge in [-0.25, -0.2) is 4.98 Å². The molecule has 1 amide bonds. The summed E-state index contributed by atoms with van der Waals surface area (Å²) < 4.78 is 0.836. The summed E-state index contributed by atoms with van der Waals surface area (Å²) in [6.45, 7) is 0. The van der Waals surface area contributed by atoms with Gasteiger partial charge in [0.1, 0.15) is 11.5 Å². The third-order valence-electron chi connectivity index (χ3n) is 2.36. The maximum Gasteiger partial charge on any atom is 0.274 e. The number of hydrogen-bond donors (Lipinski definition) is 2. The Morgan fingerprint density at radius 2 is 1.94 bits per heavy atom. The van der Waals surface area contributed by atoms with Gasteiger partial charge in [-0.05, 0) is 40.2 Å². The van der Waals surface area contributed by atoms with Crippen LogP contribution in [-0.2, 0) is 0 Å². The van der Waals surface area contributed by atoms with Crippen LogP contribution in [0.5, 0.6) is 0 Å². The van der Waals surface area contributed by atoms with E-state index in [4.69, 9.17) is 0 Å². The molecule has 0 unspecified atom stereocenters. The monoisotopic (exact) mass is 305 g/mol. The van der Waals surface area contributed by atoms with E-state index in [2.05, 4.69) is 31.5 Å². The van der Waals surface area contributed by atoms with Crippen LogP contribution < -0.4 is 10.6 Å². The molecule has 2 rings (SSSR count). The number of anilines is 2. The maximum atomic E-state index is 12.0. The Balaban J connectivity index is 2.19. The third-order valence-corrected chi connectivity index (χ3v) is 3.05. The average Bonchev–Trinajstić information content (AvgIpc) is 2.41. The minimum Gasteiger partial charge on any atom is -0.373 e. The minimum absolute atomic E-state index is 0.237. The predicted molar refractivity (Wildman–Crippen MR) is 75.9 cm³/mol. The Morgan fingerprint density at radius 3 is 2.67 bits per heavy atom. The van der Waals surface area contributed by atoms with Gasteiger partial charge in [0.2, 0.25) is 0 Å². The van der Waals surface area contributed by atoms with Gasteiger partial charge in [0.15, 0.2) is 0 Å². The molecule has 2 aromatic rings. The molecule has 0 spiro atoms. The molecule has 0 aliphatic carbocycles. The van der Waals surface area contributed by atoms with Crippen molar-refractivity contribution in [3.8, 4) is 0 Å². The number of hydrogen-bond acceptors (Lipinski definition) is 3. The number of rotatable bonds is 3. The molecule has 0 aliphatic heterocycles. The van der Waals surface area contributed by atoms with Crippen molar-refractivity contribution < 1.29 is 4.79 Å². The number of nitrogens with zero attached hydrogens (tertiary/aromatic N) is 1. The van der Waals surface area contributed by atoms with Crippen LogP contribution in [0.1, 0.15) is 10.5 Å². The lowest BCUT2D eigenvalue weighted by Gasteiger charge is -2.07. The Morgan fingerprint density at radius 1 is 1.17 bits per heavy atom. The van der Waals surface area contributed by atoms with Gasteiger partial charge in [-0.3, -0.25) is 4.79 Å². The van der Waals surface area contributed by atoms with Crippen LogP contribution >= 0.6 is 15.9 Å². The van der Waals surface area contributed by atoms with Crippen molar-refractivity contribution >= 4 is 33.3 Å². The fraction of sp³-hybridized carbons (Fsp3) is 0.0769. The summed E-state index contributed by atoms with van der Waals surface area (Å²) >= 11 is 3.38. The number of nitrogens with one attached hydrogen (secondary N) is 2. The summed E-state index contributed by atoms with van der Waals surface area (Å²) in [5, 5.41) is 5.70. The van der Waals surface area contributed by atoms with Crippen LogP contribution in [0.2, 0.25) is 0 Å². The number of aromatic nitrogens is 1. The van der Waals surface area contributed by atoms with Crippen LogP contribution in [0.15, 0.2) is 46.9 Å². The van der Waals surface area contributed by atoms with E-state index >= 15 is 0 Å². The van der Waals surface area contributed by atoms with E-state index < -0.39 is 0 Å². The lowest BCUT2D eigenvalue weighted by atomic mass is 10.3. The van der Waals surface area contributed by atoms with Crippen molar-refractivity contribution in [2.24, 2.45) is 0 Å². The zero-order chi connectivity index (χ0) is 13.0. The van der Waals surface area contributed by atoms with Gasteiger partial charge in [-0.15, -0.1) is 0 Å². The molecule has 0 saturated carbocycles. The van der Waals surface area contributed by atoms with Gasteiger partial charge in [-0.2, -0.15) is 0 Å². The fourth-order valence-corrected chi connectivity index (χ4v) is 1.83. The molecule has 2 N–H and O–H groups in total. The highest BCUT2D eigenvalue weighted by Crippen LogP contribution is 2.21. The molecule has 5 heteroatoms. The lowest BCUT2D eigenvalue weighted by molar-refractivity contribution is 0.102. The molecule has 0 bridgehead atoms. The molecular weight excluding hydrogens is 294 g/mol. The second kappa shape index (κ2) is 5.64. The first-order chi connectivity index (χ1) is 8.70. The summed E-state index contributed by atoms with van der Waals surface area (Å²) in [5.41, 5.74) is 1.09. The van der Waals surface area contributed by atoms with Crippen LogP contribution in [0.4, 0.5) is 11.5 Å².